The number of nitrogens with one attached hydrogen (secondary N) is 1. The number of carbonyl (C=O) groups excluding carboxylic acids is 2. The van der Waals surface area contributed by atoms with Crippen LogP contribution >= 0.6 is 15.9 Å². The Labute approximate surface area is 131 Å². The Morgan fingerprint density at radius 1 is 1.33 bits per heavy atom. The van der Waals surface area contributed by atoms with E-state index in [-0.39, 0.29) is 17.7 Å². The highest BCUT2D eigenvalue weighted by atomic mass is 79.9. The van der Waals surface area contributed by atoms with E-state index in [0.717, 1.165) is 5.56 Å². The second-order valence-electron chi connectivity index (χ2n) is 5.68. The highest BCUT2D eigenvalue weighted by Gasteiger charge is 2.41. The van der Waals surface area contributed by atoms with Crippen molar-refractivity contribution in [3.63, 3.8) is 0 Å². The number of aryl methyl sites for hydroxylation is 1. The first-order valence-electron chi connectivity index (χ1n) is 6.83. The molecule has 4 nitrogen and oxygen atoms in total. The molecule has 1 aliphatic rings. The van der Waals surface area contributed by atoms with Crippen molar-refractivity contribution in [2.45, 2.75) is 39.8 Å². The van der Waals surface area contributed by atoms with Crippen molar-refractivity contribution >= 4 is 33.4 Å². The normalized spacial score (nSPS) is 22.7. The Kier molecular flexibility index (Phi) is 4.37. The van der Waals surface area contributed by atoms with Crippen LogP contribution in [0.15, 0.2) is 16.6 Å². The van der Waals surface area contributed by atoms with Crippen LogP contribution in [0.1, 0.15) is 26.3 Å². The van der Waals surface area contributed by atoms with Crippen LogP contribution in [-0.4, -0.2) is 23.9 Å². The molecule has 1 heterocycles. The summed E-state index contributed by atoms with van der Waals surface area (Å²) < 4.78 is 14.2. The number of halogens is 2. The summed E-state index contributed by atoms with van der Waals surface area (Å²) in [7, 11) is 0. The molecule has 2 rings (SSSR count). The first-order chi connectivity index (χ1) is 9.73. The molecule has 2 unspecified atom stereocenters. The number of rotatable bonds is 2. The number of piperazine rings is 1. The van der Waals surface area contributed by atoms with E-state index in [4.69, 9.17) is 0 Å². The predicted octanol–water partition coefficient (Wildman–Crippen LogP) is 2.77. The van der Waals surface area contributed by atoms with E-state index in [9.17, 15) is 14.0 Å². The van der Waals surface area contributed by atoms with Crippen molar-refractivity contribution in [1.29, 1.82) is 0 Å². The molecule has 1 fully saturated rings. The van der Waals surface area contributed by atoms with Crippen LogP contribution in [0.2, 0.25) is 0 Å². The molecule has 1 saturated heterocycles. The average molecular weight is 357 g/mol. The van der Waals surface area contributed by atoms with Crippen LogP contribution in [0.5, 0.6) is 0 Å². The molecule has 0 saturated carbocycles. The van der Waals surface area contributed by atoms with Crippen LogP contribution in [0, 0.1) is 18.7 Å². The molecule has 0 aliphatic carbocycles. The largest absolute Gasteiger partial charge is 0.343 e. The molecule has 2 atom stereocenters. The lowest BCUT2D eigenvalue weighted by Crippen LogP contribution is -2.64. The van der Waals surface area contributed by atoms with Gasteiger partial charge in [0, 0.05) is 0 Å². The zero-order chi connectivity index (χ0) is 15.9. The number of carbonyl (C=O) groups is 2. The quantitative estimate of drug-likeness (QED) is 0.885. The first-order valence-corrected chi connectivity index (χ1v) is 7.62. The fourth-order valence-corrected chi connectivity index (χ4v) is 3.05. The number of anilines is 1. The molecule has 1 aromatic rings. The fourth-order valence-electron chi connectivity index (χ4n) is 2.59. The Bertz CT molecular complexity index is 604. The summed E-state index contributed by atoms with van der Waals surface area (Å²) in [6.45, 7) is 7.16. The van der Waals surface area contributed by atoms with Crippen molar-refractivity contribution in [2.24, 2.45) is 5.92 Å². The third kappa shape index (κ3) is 2.81. The van der Waals surface area contributed by atoms with Crippen LogP contribution in [-0.2, 0) is 9.59 Å². The van der Waals surface area contributed by atoms with Gasteiger partial charge in [0.25, 0.3) is 0 Å². The molecular formula is C15H18BrFN2O2. The monoisotopic (exact) mass is 356 g/mol. The Balaban J connectivity index is 2.58. The predicted molar refractivity (Wildman–Crippen MR) is 82.6 cm³/mol. The van der Waals surface area contributed by atoms with Crippen LogP contribution in [0.3, 0.4) is 0 Å². The SMILES string of the molecule is Cc1cc(Br)c(F)cc1N1C(=O)C(C)NC(=O)C1C(C)C. The Morgan fingerprint density at radius 3 is 2.52 bits per heavy atom. The van der Waals surface area contributed by atoms with Gasteiger partial charge in [-0.05, 0) is 53.4 Å². The van der Waals surface area contributed by atoms with E-state index in [1.54, 1.807) is 19.9 Å². The summed E-state index contributed by atoms with van der Waals surface area (Å²) in [6.07, 6.45) is 0. The maximum atomic E-state index is 13.9. The van der Waals surface area contributed by atoms with E-state index in [0.29, 0.717) is 10.2 Å². The Morgan fingerprint density at radius 2 is 1.95 bits per heavy atom. The van der Waals surface area contributed by atoms with E-state index < -0.39 is 17.9 Å². The Hall–Kier alpha value is -1.43. The zero-order valence-electron chi connectivity index (χ0n) is 12.4. The highest BCUT2D eigenvalue weighted by Crippen LogP contribution is 2.31. The lowest BCUT2D eigenvalue weighted by Gasteiger charge is -2.40. The number of hydrogen-bond donors (Lipinski definition) is 1. The molecule has 1 N–H and O–H groups in total. The minimum atomic E-state index is -0.632. The number of benzene rings is 1. The van der Waals surface area contributed by atoms with Gasteiger partial charge in [0.15, 0.2) is 0 Å². The average Bonchev–Trinajstić information content (AvgIpc) is 2.37. The topological polar surface area (TPSA) is 49.4 Å². The van der Waals surface area contributed by atoms with Gasteiger partial charge < -0.3 is 5.32 Å². The lowest BCUT2D eigenvalue weighted by molar-refractivity contribution is -0.134. The van der Waals surface area contributed by atoms with E-state index >= 15 is 0 Å². The van der Waals surface area contributed by atoms with Crippen molar-refractivity contribution in [3.8, 4) is 0 Å². The van der Waals surface area contributed by atoms with Crippen molar-refractivity contribution in [2.75, 3.05) is 4.90 Å². The van der Waals surface area contributed by atoms with Gasteiger partial charge in [-0.25, -0.2) is 4.39 Å². The van der Waals surface area contributed by atoms with Crippen molar-refractivity contribution in [3.05, 3.63) is 28.0 Å². The van der Waals surface area contributed by atoms with Crippen LogP contribution in [0.4, 0.5) is 10.1 Å². The maximum absolute atomic E-state index is 13.9. The molecule has 0 spiro atoms. The summed E-state index contributed by atoms with van der Waals surface area (Å²) in [5.74, 6) is -0.963. The molecule has 6 heteroatoms. The van der Waals surface area contributed by atoms with Gasteiger partial charge in [-0.2, -0.15) is 0 Å². The van der Waals surface area contributed by atoms with Gasteiger partial charge in [0.2, 0.25) is 11.8 Å². The molecule has 2 amide bonds. The standard InChI is InChI=1S/C15H18BrFN2O2/c1-7(2)13-14(20)18-9(4)15(21)19(13)12-6-11(17)10(16)5-8(12)3/h5-7,9,13H,1-4H3,(H,18,20). The molecule has 1 aliphatic heterocycles. The maximum Gasteiger partial charge on any atom is 0.250 e. The first kappa shape index (κ1) is 15.9. The van der Waals surface area contributed by atoms with Gasteiger partial charge in [-0.3, -0.25) is 14.5 Å². The summed E-state index contributed by atoms with van der Waals surface area (Å²) in [4.78, 5) is 26.2. The number of nitrogens with zero attached hydrogens (tertiary/aromatic N) is 1. The minimum absolute atomic E-state index is 0.0763. The zero-order valence-corrected chi connectivity index (χ0v) is 14.0. The van der Waals surface area contributed by atoms with Gasteiger partial charge in [-0.1, -0.05) is 13.8 Å². The fraction of sp³-hybridized carbons (Fsp3) is 0.467. The van der Waals surface area contributed by atoms with E-state index in [2.05, 4.69) is 21.2 Å². The molecule has 0 radical (unpaired) electrons. The summed E-state index contributed by atoms with van der Waals surface area (Å²) in [5.41, 5.74) is 1.19. The lowest BCUT2D eigenvalue weighted by atomic mass is 9.95. The second-order valence-corrected chi connectivity index (χ2v) is 6.53. The summed E-state index contributed by atoms with van der Waals surface area (Å²) >= 11 is 3.13. The molecule has 0 bridgehead atoms. The highest BCUT2D eigenvalue weighted by molar-refractivity contribution is 9.10. The molecule has 0 aromatic heterocycles. The van der Waals surface area contributed by atoms with Gasteiger partial charge in [0.1, 0.15) is 17.9 Å². The number of hydrogen-bond acceptors (Lipinski definition) is 2. The number of amides is 2. The molecule has 114 valence electrons. The van der Waals surface area contributed by atoms with Crippen LogP contribution < -0.4 is 10.2 Å². The molecular weight excluding hydrogens is 339 g/mol. The van der Waals surface area contributed by atoms with Gasteiger partial charge in [0.05, 0.1) is 10.2 Å². The van der Waals surface area contributed by atoms with E-state index in [1.807, 2.05) is 13.8 Å². The summed E-state index contributed by atoms with van der Waals surface area (Å²) in [5, 5.41) is 2.67. The van der Waals surface area contributed by atoms with Crippen LogP contribution in [0.25, 0.3) is 0 Å². The van der Waals surface area contributed by atoms with Gasteiger partial charge in [-0.15, -0.1) is 0 Å². The third-order valence-electron chi connectivity index (χ3n) is 3.64. The smallest absolute Gasteiger partial charge is 0.250 e. The van der Waals surface area contributed by atoms with Crippen molar-refractivity contribution < 1.29 is 14.0 Å². The molecule has 21 heavy (non-hydrogen) atoms. The molecule has 1 aromatic carbocycles. The second kappa shape index (κ2) is 5.75. The van der Waals surface area contributed by atoms with Crippen molar-refractivity contribution in [1.82, 2.24) is 5.32 Å². The minimum Gasteiger partial charge on any atom is -0.343 e. The van der Waals surface area contributed by atoms with E-state index in [1.165, 1.54) is 11.0 Å². The summed E-state index contributed by atoms with van der Waals surface area (Å²) in [6, 6.07) is 1.68. The van der Waals surface area contributed by atoms with Gasteiger partial charge >= 0.3 is 0 Å². The third-order valence-corrected chi connectivity index (χ3v) is 4.25.